The van der Waals surface area contributed by atoms with E-state index in [0.29, 0.717) is 0 Å². The summed E-state index contributed by atoms with van der Waals surface area (Å²) in [6.07, 6.45) is -0.153. The Balaban J connectivity index is 4.34. The lowest BCUT2D eigenvalue weighted by atomic mass is 10.0. The summed E-state index contributed by atoms with van der Waals surface area (Å²) in [6.45, 7) is 5.17. The Hall–Kier alpha value is -1.79. The van der Waals surface area contributed by atoms with E-state index in [4.69, 9.17) is 5.11 Å². The predicted octanol–water partition coefficient (Wildman–Crippen LogP) is -0.0806. The lowest BCUT2D eigenvalue weighted by Crippen LogP contribution is -2.51. The molecule has 0 rings (SSSR count). The molecule has 7 heteroatoms. The van der Waals surface area contributed by atoms with E-state index < -0.39 is 24.1 Å². The third-order valence-corrected chi connectivity index (χ3v) is 2.50. The molecule has 0 aromatic carbocycles. The van der Waals surface area contributed by atoms with E-state index in [9.17, 15) is 14.4 Å². The van der Waals surface area contributed by atoms with Crippen LogP contribution in [0.3, 0.4) is 0 Å². The van der Waals surface area contributed by atoms with Gasteiger partial charge in [0.1, 0.15) is 6.04 Å². The molecule has 4 N–H and O–H groups in total. The Labute approximate surface area is 106 Å². The topological polar surface area (TPSA) is 108 Å². The minimum atomic E-state index is -0.978. The largest absolute Gasteiger partial charge is 0.481 e. The Bertz CT molecular complexity index is 317. The molecule has 0 aromatic heterocycles. The average molecular weight is 259 g/mol. The van der Waals surface area contributed by atoms with Gasteiger partial charge in [-0.2, -0.15) is 0 Å². The van der Waals surface area contributed by atoms with Crippen molar-refractivity contribution in [1.82, 2.24) is 16.0 Å². The molecule has 0 aliphatic carbocycles. The molecule has 0 radical (unpaired) electrons. The molecule has 0 saturated heterocycles. The maximum absolute atomic E-state index is 11.6. The summed E-state index contributed by atoms with van der Waals surface area (Å²) in [4.78, 5) is 33.4. The van der Waals surface area contributed by atoms with Gasteiger partial charge in [0.2, 0.25) is 5.91 Å². The molecular formula is C11H21N3O4. The van der Waals surface area contributed by atoms with Crippen molar-refractivity contribution in [3.05, 3.63) is 0 Å². The molecule has 0 aromatic rings. The predicted molar refractivity (Wildman–Crippen MR) is 66.1 cm³/mol. The maximum Gasteiger partial charge on any atom is 0.315 e. The summed E-state index contributed by atoms with van der Waals surface area (Å²) in [5.41, 5.74) is 0. The van der Waals surface area contributed by atoms with Crippen LogP contribution in [0.4, 0.5) is 4.79 Å². The normalized spacial score (nSPS) is 13.6. The highest BCUT2D eigenvalue weighted by molar-refractivity contribution is 5.86. The van der Waals surface area contributed by atoms with Crippen molar-refractivity contribution in [2.75, 3.05) is 7.05 Å². The van der Waals surface area contributed by atoms with Crippen molar-refractivity contribution in [2.45, 2.75) is 39.3 Å². The second-order valence-corrected chi connectivity index (χ2v) is 4.40. The van der Waals surface area contributed by atoms with Gasteiger partial charge in [-0.3, -0.25) is 9.59 Å². The smallest absolute Gasteiger partial charge is 0.315 e. The number of likely N-dealkylation sites (N-methyl/N-ethyl adjacent to an activating group) is 1. The number of carboxylic acids is 1. The van der Waals surface area contributed by atoms with Gasteiger partial charge in [0, 0.05) is 13.1 Å². The van der Waals surface area contributed by atoms with Gasteiger partial charge in [-0.25, -0.2) is 4.79 Å². The fourth-order valence-electron chi connectivity index (χ4n) is 1.33. The van der Waals surface area contributed by atoms with Crippen LogP contribution in [-0.2, 0) is 9.59 Å². The Morgan fingerprint density at radius 2 is 1.67 bits per heavy atom. The van der Waals surface area contributed by atoms with Crippen molar-refractivity contribution >= 4 is 17.9 Å². The molecule has 7 nitrogen and oxygen atoms in total. The first kappa shape index (κ1) is 16.2. The SMILES string of the molecule is CNC(=O)C(C)NC(=O)NC(CC(=O)O)C(C)C. The molecule has 3 amide bonds. The Morgan fingerprint density at radius 3 is 2.06 bits per heavy atom. The van der Waals surface area contributed by atoms with Gasteiger partial charge < -0.3 is 21.1 Å². The van der Waals surface area contributed by atoms with Crippen LogP contribution in [0.5, 0.6) is 0 Å². The molecule has 0 aliphatic heterocycles. The average Bonchev–Trinajstić information content (AvgIpc) is 2.25. The molecule has 2 atom stereocenters. The summed E-state index contributed by atoms with van der Waals surface area (Å²) >= 11 is 0. The zero-order valence-corrected chi connectivity index (χ0v) is 11.1. The molecule has 0 aliphatic rings. The number of amides is 3. The number of nitrogens with one attached hydrogen (secondary N) is 3. The second kappa shape index (κ2) is 7.52. The van der Waals surface area contributed by atoms with Crippen LogP contribution in [0, 0.1) is 5.92 Å². The number of carbonyl (C=O) groups is 3. The van der Waals surface area contributed by atoms with E-state index in [2.05, 4.69) is 16.0 Å². The van der Waals surface area contributed by atoms with Crippen molar-refractivity contribution in [2.24, 2.45) is 5.92 Å². The first-order valence-corrected chi connectivity index (χ1v) is 5.78. The lowest BCUT2D eigenvalue weighted by Gasteiger charge is -2.22. The molecular weight excluding hydrogens is 238 g/mol. The first-order chi connectivity index (χ1) is 8.27. The Kier molecular flexibility index (Phi) is 6.77. The van der Waals surface area contributed by atoms with Crippen LogP contribution < -0.4 is 16.0 Å². The Morgan fingerprint density at radius 1 is 1.11 bits per heavy atom. The third-order valence-electron chi connectivity index (χ3n) is 2.50. The third kappa shape index (κ3) is 6.07. The first-order valence-electron chi connectivity index (χ1n) is 5.78. The van der Waals surface area contributed by atoms with Gasteiger partial charge >= 0.3 is 12.0 Å². The maximum atomic E-state index is 11.6. The number of urea groups is 1. The molecule has 2 unspecified atom stereocenters. The van der Waals surface area contributed by atoms with Crippen LogP contribution in [-0.4, -0.2) is 42.1 Å². The molecule has 0 fully saturated rings. The van der Waals surface area contributed by atoms with Crippen LogP contribution in [0.2, 0.25) is 0 Å². The van der Waals surface area contributed by atoms with Gasteiger partial charge in [-0.15, -0.1) is 0 Å². The molecule has 0 bridgehead atoms. The van der Waals surface area contributed by atoms with Gasteiger partial charge in [0.15, 0.2) is 0 Å². The van der Waals surface area contributed by atoms with Gasteiger partial charge in [0.05, 0.1) is 6.42 Å². The highest BCUT2D eigenvalue weighted by atomic mass is 16.4. The zero-order chi connectivity index (χ0) is 14.3. The number of aliphatic carboxylic acids is 1. The van der Waals surface area contributed by atoms with Crippen molar-refractivity contribution < 1.29 is 19.5 Å². The monoisotopic (exact) mass is 259 g/mol. The minimum Gasteiger partial charge on any atom is -0.481 e. The molecule has 18 heavy (non-hydrogen) atoms. The van der Waals surface area contributed by atoms with Gasteiger partial charge in [-0.1, -0.05) is 13.8 Å². The quantitative estimate of drug-likeness (QED) is 0.535. The van der Waals surface area contributed by atoms with Crippen LogP contribution in [0.15, 0.2) is 0 Å². The summed E-state index contributed by atoms with van der Waals surface area (Å²) in [5, 5.41) is 16.1. The van der Waals surface area contributed by atoms with Crippen LogP contribution in [0.1, 0.15) is 27.2 Å². The number of carbonyl (C=O) groups excluding carboxylic acids is 2. The molecule has 104 valence electrons. The van der Waals surface area contributed by atoms with E-state index in [1.54, 1.807) is 6.92 Å². The van der Waals surface area contributed by atoms with Crippen molar-refractivity contribution in [1.29, 1.82) is 0 Å². The van der Waals surface area contributed by atoms with E-state index in [0.717, 1.165) is 0 Å². The van der Waals surface area contributed by atoms with Gasteiger partial charge in [0.25, 0.3) is 0 Å². The van der Waals surface area contributed by atoms with Crippen LogP contribution >= 0.6 is 0 Å². The standard InChI is InChI=1S/C11H21N3O4/c1-6(2)8(5-9(15)16)14-11(18)13-7(3)10(17)12-4/h6-8H,5H2,1-4H3,(H,12,17)(H,15,16)(H2,13,14,18). The number of carboxylic acid groups (broad SMARTS) is 1. The highest BCUT2D eigenvalue weighted by Gasteiger charge is 2.21. The van der Waals surface area contributed by atoms with Crippen LogP contribution in [0.25, 0.3) is 0 Å². The van der Waals surface area contributed by atoms with E-state index in [1.165, 1.54) is 7.05 Å². The second-order valence-electron chi connectivity index (χ2n) is 4.40. The summed E-state index contributed by atoms with van der Waals surface area (Å²) in [6, 6.07) is -1.70. The lowest BCUT2D eigenvalue weighted by molar-refractivity contribution is -0.137. The van der Waals surface area contributed by atoms with Gasteiger partial charge in [-0.05, 0) is 12.8 Å². The van der Waals surface area contributed by atoms with Crippen molar-refractivity contribution in [3.8, 4) is 0 Å². The fourth-order valence-corrected chi connectivity index (χ4v) is 1.33. The molecule has 0 heterocycles. The van der Waals surface area contributed by atoms with E-state index >= 15 is 0 Å². The fraction of sp³-hybridized carbons (Fsp3) is 0.727. The number of hydrogen-bond donors (Lipinski definition) is 4. The van der Waals surface area contributed by atoms with Crippen molar-refractivity contribution in [3.63, 3.8) is 0 Å². The number of rotatable bonds is 6. The highest BCUT2D eigenvalue weighted by Crippen LogP contribution is 2.05. The number of hydrogen-bond acceptors (Lipinski definition) is 3. The van der Waals surface area contributed by atoms with E-state index in [-0.39, 0.29) is 18.2 Å². The molecule has 0 spiro atoms. The minimum absolute atomic E-state index is 0.0119. The molecule has 0 saturated carbocycles. The summed E-state index contributed by atoms with van der Waals surface area (Å²) < 4.78 is 0. The summed E-state index contributed by atoms with van der Waals surface area (Å²) in [5.74, 6) is -1.31. The zero-order valence-electron chi connectivity index (χ0n) is 11.1. The summed E-state index contributed by atoms with van der Waals surface area (Å²) in [7, 11) is 1.47. The van der Waals surface area contributed by atoms with E-state index in [1.807, 2.05) is 13.8 Å².